The molecule has 16 heteroatoms. The van der Waals surface area contributed by atoms with Crippen LogP contribution in [-0.4, -0.2) is 78.9 Å². The molecule has 0 saturated carbocycles. The third-order valence-electron chi connectivity index (χ3n) is 6.49. The molecule has 3 N–H and O–H groups in total. The monoisotopic (exact) mass is 531 g/mol. The van der Waals surface area contributed by atoms with Crippen LogP contribution in [0.15, 0.2) is 11.4 Å². The fourth-order valence-electron chi connectivity index (χ4n) is 3.66. The van der Waals surface area contributed by atoms with Crippen LogP contribution in [0.25, 0.3) is 0 Å². The molecular weight excluding hydrogens is 498 g/mol. The fraction of sp³-hybridized carbons (Fsp3) is 0.684. The zero-order valence-electron chi connectivity index (χ0n) is 20.9. The second-order valence-corrected chi connectivity index (χ2v) is 15.7. The number of aromatic nitrogens is 2. The van der Waals surface area contributed by atoms with E-state index >= 15 is 0 Å². The number of likely N-dealkylation sites (N-methyl/N-ethyl adjacent to an activating group) is 1. The molecule has 0 aliphatic carbocycles. The Kier molecular flexibility index (Phi) is 7.23. The maximum atomic E-state index is 13.2. The standard InChI is InChI=1S/C19H33N7O7SSi/c1-12(27)21-8-9-25-15-13(10-22-25)14-11-24(18(28)26(14)33-34(29,30)31)16(15)17(20-5)23-32-35(6,7)19(2,3)4/h10,14,16H,8-9,11H2,1-7H3,(H,20,23)(H,21,27)(H,29,30,31)/t14-,16-/m0/s1. The summed E-state index contributed by atoms with van der Waals surface area (Å²) in [5.74, 6) is 0.118. The van der Waals surface area contributed by atoms with Crippen LogP contribution in [0.2, 0.25) is 18.1 Å². The summed E-state index contributed by atoms with van der Waals surface area (Å²) in [6, 6.07) is -2.40. The van der Waals surface area contributed by atoms with Gasteiger partial charge in [-0.3, -0.25) is 14.0 Å². The van der Waals surface area contributed by atoms with Crippen molar-refractivity contribution in [3.05, 3.63) is 17.5 Å². The number of nitrogens with zero attached hydrogens (tertiary/aromatic N) is 5. The molecule has 0 radical (unpaired) electrons. The zero-order chi connectivity index (χ0) is 26.3. The normalized spacial score (nSPS) is 20.7. The summed E-state index contributed by atoms with van der Waals surface area (Å²) in [4.78, 5) is 25.9. The van der Waals surface area contributed by atoms with E-state index in [-0.39, 0.29) is 24.0 Å². The SMILES string of the molecule is CN/C(=N\O[Si](C)(C)C(C)(C)C)[C@@H]1c2c(cnn2CCNC(C)=O)[C@@H]2CN1C(=O)N2OS(=O)(=O)O. The van der Waals surface area contributed by atoms with Gasteiger partial charge in [0.05, 0.1) is 25.0 Å². The molecule has 196 valence electrons. The number of hydrogen-bond donors (Lipinski definition) is 3. The van der Waals surface area contributed by atoms with Crippen LogP contribution in [0, 0.1) is 0 Å². The maximum Gasteiger partial charge on any atom is 0.418 e. The number of hydrogen-bond acceptors (Lipinski definition) is 8. The van der Waals surface area contributed by atoms with Gasteiger partial charge < -0.3 is 20.1 Å². The molecule has 2 bridgehead atoms. The number of carbonyl (C=O) groups excluding carboxylic acids is 2. The van der Waals surface area contributed by atoms with E-state index in [9.17, 15) is 22.6 Å². The molecule has 3 rings (SSSR count). The van der Waals surface area contributed by atoms with E-state index in [0.29, 0.717) is 28.7 Å². The Morgan fingerprint density at radius 3 is 2.57 bits per heavy atom. The fourth-order valence-corrected chi connectivity index (χ4v) is 4.63. The quantitative estimate of drug-likeness (QED) is 0.146. The predicted octanol–water partition coefficient (Wildman–Crippen LogP) is 1.14. The van der Waals surface area contributed by atoms with Crippen LogP contribution < -0.4 is 10.6 Å². The van der Waals surface area contributed by atoms with Gasteiger partial charge in [0.1, 0.15) is 12.1 Å². The highest BCUT2D eigenvalue weighted by Gasteiger charge is 2.53. The summed E-state index contributed by atoms with van der Waals surface area (Å²) in [6.07, 6.45) is 1.51. The molecule has 2 aliphatic rings. The highest BCUT2D eigenvalue weighted by molar-refractivity contribution is 7.80. The van der Waals surface area contributed by atoms with Crippen LogP contribution in [0.4, 0.5) is 4.79 Å². The molecule has 1 aromatic heterocycles. The van der Waals surface area contributed by atoms with E-state index in [1.54, 1.807) is 11.7 Å². The Hall–Kier alpha value is -2.69. The summed E-state index contributed by atoms with van der Waals surface area (Å²) in [7, 11) is -5.61. The molecule has 14 nitrogen and oxygen atoms in total. The smallest absolute Gasteiger partial charge is 0.418 e. The average molecular weight is 532 g/mol. The number of amides is 3. The van der Waals surface area contributed by atoms with Crippen molar-refractivity contribution < 1.29 is 31.4 Å². The number of rotatable bonds is 8. The minimum absolute atomic E-state index is 0.0736. The lowest BCUT2D eigenvalue weighted by Gasteiger charge is -2.35. The van der Waals surface area contributed by atoms with Crippen molar-refractivity contribution in [1.82, 2.24) is 30.4 Å². The van der Waals surface area contributed by atoms with Crippen molar-refractivity contribution in [1.29, 1.82) is 0 Å². The topological polar surface area (TPSA) is 168 Å². The van der Waals surface area contributed by atoms with Crippen molar-refractivity contribution in [3.8, 4) is 0 Å². The Morgan fingerprint density at radius 1 is 1.37 bits per heavy atom. The van der Waals surface area contributed by atoms with Gasteiger partial charge in [0.2, 0.25) is 5.91 Å². The second kappa shape index (κ2) is 9.40. The van der Waals surface area contributed by atoms with E-state index in [2.05, 4.69) is 45.9 Å². The molecule has 1 aromatic rings. The number of carbonyl (C=O) groups is 2. The number of amidine groups is 1. The minimum Gasteiger partial charge on any atom is -0.453 e. The Labute approximate surface area is 205 Å². The highest BCUT2D eigenvalue weighted by Crippen LogP contribution is 2.45. The van der Waals surface area contributed by atoms with Crippen LogP contribution in [0.3, 0.4) is 0 Å². The van der Waals surface area contributed by atoms with Crippen molar-refractivity contribution in [2.45, 2.75) is 64.5 Å². The lowest BCUT2D eigenvalue weighted by atomic mass is 9.97. The van der Waals surface area contributed by atoms with E-state index in [0.717, 1.165) is 0 Å². The molecule has 1 saturated heterocycles. The first-order valence-corrected chi connectivity index (χ1v) is 15.4. The summed E-state index contributed by atoms with van der Waals surface area (Å²) >= 11 is 0. The van der Waals surface area contributed by atoms with E-state index in [1.807, 2.05) is 13.1 Å². The van der Waals surface area contributed by atoms with Gasteiger partial charge in [-0.1, -0.05) is 25.9 Å². The number of fused-ring (bicyclic) bond motifs is 4. The van der Waals surface area contributed by atoms with Crippen LogP contribution >= 0.6 is 0 Å². The van der Waals surface area contributed by atoms with Gasteiger partial charge in [0.25, 0.3) is 8.32 Å². The third-order valence-corrected chi connectivity index (χ3v) is 11.0. The van der Waals surface area contributed by atoms with Crippen molar-refractivity contribution in [2.24, 2.45) is 5.16 Å². The van der Waals surface area contributed by atoms with Gasteiger partial charge in [-0.15, -0.1) is 4.28 Å². The third kappa shape index (κ3) is 5.44. The Balaban J connectivity index is 2.07. The average Bonchev–Trinajstić information content (AvgIpc) is 3.24. The molecular formula is C19H33N7O7SSi. The molecule has 3 heterocycles. The zero-order valence-corrected chi connectivity index (χ0v) is 22.7. The highest BCUT2D eigenvalue weighted by atomic mass is 32.3. The molecule has 0 unspecified atom stereocenters. The predicted molar refractivity (Wildman–Crippen MR) is 128 cm³/mol. The molecule has 3 amide bonds. The number of hydroxylamine groups is 2. The van der Waals surface area contributed by atoms with Gasteiger partial charge in [0, 0.05) is 26.1 Å². The van der Waals surface area contributed by atoms with Crippen LogP contribution in [0.1, 0.15) is 51.0 Å². The lowest BCUT2D eigenvalue weighted by molar-refractivity contribution is -0.119. The van der Waals surface area contributed by atoms with Crippen molar-refractivity contribution in [2.75, 3.05) is 20.1 Å². The first-order valence-electron chi connectivity index (χ1n) is 11.1. The van der Waals surface area contributed by atoms with Crippen LogP contribution in [-0.2, 0) is 30.5 Å². The van der Waals surface area contributed by atoms with E-state index in [4.69, 9.17) is 4.53 Å². The summed E-state index contributed by atoms with van der Waals surface area (Å²) < 4.78 is 44.4. The molecule has 0 spiro atoms. The van der Waals surface area contributed by atoms with Crippen molar-refractivity contribution in [3.63, 3.8) is 0 Å². The van der Waals surface area contributed by atoms with Gasteiger partial charge in [-0.25, -0.2) is 4.79 Å². The summed E-state index contributed by atoms with van der Waals surface area (Å²) in [5, 5.41) is 15.0. The van der Waals surface area contributed by atoms with Gasteiger partial charge >= 0.3 is 16.4 Å². The van der Waals surface area contributed by atoms with Crippen LogP contribution in [0.5, 0.6) is 0 Å². The van der Waals surface area contributed by atoms with E-state index < -0.39 is 36.8 Å². The molecule has 2 atom stereocenters. The van der Waals surface area contributed by atoms with Gasteiger partial charge in [-0.2, -0.15) is 18.6 Å². The first-order chi connectivity index (χ1) is 16.1. The number of urea groups is 1. The molecule has 1 fully saturated rings. The lowest BCUT2D eigenvalue weighted by Crippen LogP contribution is -2.45. The summed E-state index contributed by atoms with van der Waals surface area (Å²) in [5.41, 5.74) is 1.09. The maximum absolute atomic E-state index is 13.2. The Bertz CT molecular complexity index is 1130. The molecule has 35 heavy (non-hydrogen) atoms. The van der Waals surface area contributed by atoms with Gasteiger partial charge in [0.15, 0.2) is 5.84 Å². The van der Waals surface area contributed by atoms with Crippen molar-refractivity contribution >= 4 is 36.5 Å². The first kappa shape index (κ1) is 26.9. The minimum atomic E-state index is -4.95. The molecule has 2 aliphatic heterocycles. The summed E-state index contributed by atoms with van der Waals surface area (Å²) in [6.45, 7) is 12.3. The second-order valence-electron chi connectivity index (χ2n) is 9.95. The van der Waals surface area contributed by atoms with E-state index in [1.165, 1.54) is 18.0 Å². The molecule has 0 aromatic carbocycles. The van der Waals surface area contributed by atoms with Gasteiger partial charge in [-0.05, 0) is 18.1 Å². The Morgan fingerprint density at radius 2 is 2.03 bits per heavy atom. The number of oxime groups is 1. The number of nitrogens with one attached hydrogen (secondary N) is 2. The largest absolute Gasteiger partial charge is 0.453 e.